The SMILES string of the molecule is C1CCC(OC2CCCCC2)CC1.O=c1cco[nH]1. The van der Waals surface area contributed by atoms with Crippen molar-refractivity contribution in [1.29, 1.82) is 0 Å². The van der Waals surface area contributed by atoms with Crippen LogP contribution in [0.4, 0.5) is 0 Å². The van der Waals surface area contributed by atoms with Gasteiger partial charge in [-0.05, 0) is 25.7 Å². The standard InChI is InChI=1S/C12H22O.C3H3NO2/c1-3-7-11(8-4-1)13-12-9-5-2-6-10-12;5-3-1-2-6-4-3/h11-12H,1-10H2;1-2H,(H,4,5). The van der Waals surface area contributed by atoms with E-state index in [-0.39, 0.29) is 5.56 Å². The maximum atomic E-state index is 9.92. The van der Waals surface area contributed by atoms with Crippen molar-refractivity contribution in [3.05, 3.63) is 22.7 Å². The van der Waals surface area contributed by atoms with E-state index in [1.807, 2.05) is 0 Å². The van der Waals surface area contributed by atoms with Crippen LogP contribution in [-0.2, 0) is 4.74 Å². The molecule has 0 amide bonds. The molecule has 0 aromatic carbocycles. The summed E-state index contributed by atoms with van der Waals surface area (Å²) in [5, 5.41) is 2.07. The summed E-state index contributed by atoms with van der Waals surface area (Å²) in [4.78, 5) is 9.92. The zero-order chi connectivity index (χ0) is 13.3. The lowest BCUT2D eigenvalue weighted by Gasteiger charge is -2.29. The minimum atomic E-state index is -0.199. The quantitative estimate of drug-likeness (QED) is 0.890. The van der Waals surface area contributed by atoms with Crippen LogP contribution in [0.5, 0.6) is 0 Å². The molecular formula is C15H25NO3. The maximum Gasteiger partial charge on any atom is 0.279 e. The van der Waals surface area contributed by atoms with Crippen LogP contribution in [-0.4, -0.2) is 17.4 Å². The summed E-state index contributed by atoms with van der Waals surface area (Å²) < 4.78 is 10.4. The summed E-state index contributed by atoms with van der Waals surface area (Å²) in [6.45, 7) is 0. The first kappa shape index (κ1) is 14.4. The third-order valence-corrected chi connectivity index (χ3v) is 3.94. The second-order valence-electron chi connectivity index (χ2n) is 5.54. The average Bonchev–Trinajstić information content (AvgIpc) is 2.93. The Kier molecular flexibility index (Phi) is 6.21. The molecule has 3 rings (SSSR count). The Morgan fingerprint density at radius 3 is 1.79 bits per heavy atom. The Hall–Kier alpha value is -1.03. The largest absolute Gasteiger partial charge is 0.387 e. The highest BCUT2D eigenvalue weighted by molar-refractivity contribution is 4.71. The first-order valence-corrected chi connectivity index (χ1v) is 7.62. The molecule has 0 saturated heterocycles. The molecule has 2 saturated carbocycles. The van der Waals surface area contributed by atoms with Crippen LogP contribution in [0.3, 0.4) is 0 Å². The highest BCUT2D eigenvalue weighted by Crippen LogP contribution is 2.26. The Bertz CT molecular complexity index is 340. The Labute approximate surface area is 114 Å². The molecule has 19 heavy (non-hydrogen) atoms. The minimum Gasteiger partial charge on any atom is -0.387 e. The topological polar surface area (TPSA) is 55.2 Å². The maximum absolute atomic E-state index is 9.92. The molecule has 4 heteroatoms. The van der Waals surface area contributed by atoms with Gasteiger partial charge in [0.2, 0.25) is 0 Å². The lowest BCUT2D eigenvalue weighted by molar-refractivity contribution is -0.0450. The van der Waals surface area contributed by atoms with Gasteiger partial charge in [-0.3, -0.25) is 4.79 Å². The minimum absolute atomic E-state index is 0.199. The molecule has 0 unspecified atom stereocenters. The van der Waals surface area contributed by atoms with Gasteiger partial charge in [0.1, 0.15) is 6.26 Å². The van der Waals surface area contributed by atoms with E-state index < -0.39 is 0 Å². The van der Waals surface area contributed by atoms with Gasteiger partial charge in [-0.25, -0.2) is 0 Å². The molecule has 1 heterocycles. The van der Waals surface area contributed by atoms with E-state index in [0.717, 1.165) is 0 Å². The summed E-state index contributed by atoms with van der Waals surface area (Å²) in [6, 6.07) is 1.31. The van der Waals surface area contributed by atoms with Crippen molar-refractivity contribution in [2.45, 2.75) is 76.4 Å². The Balaban J connectivity index is 0.000000186. The van der Waals surface area contributed by atoms with Crippen LogP contribution >= 0.6 is 0 Å². The fourth-order valence-electron chi connectivity index (χ4n) is 2.90. The van der Waals surface area contributed by atoms with Gasteiger partial charge in [-0.2, -0.15) is 5.16 Å². The van der Waals surface area contributed by atoms with Crippen molar-refractivity contribution in [1.82, 2.24) is 5.16 Å². The van der Waals surface area contributed by atoms with E-state index in [1.165, 1.54) is 76.5 Å². The summed E-state index contributed by atoms with van der Waals surface area (Å²) >= 11 is 0. The van der Waals surface area contributed by atoms with E-state index in [0.29, 0.717) is 12.2 Å². The molecule has 0 aliphatic heterocycles. The molecule has 2 fully saturated rings. The molecule has 1 aromatic rings. The fourth-order valence-corrected chi connectivity index (χ4v) is 2.90. The molecule has 1 N–H and O–H groups in total. The second kappa shape index (κ2) is 8.20. The molecule has 1 aromatic heterocycles. The van der Waals surface area contributed by atoms with Gasteiger partial charge in [0, 0.05) is 6.07 Å². The van der Waals surface area contributed by atoms with Gasteiger partial charge in [-0.15, -0.1) is 0 Å². The van der Waals surface area contributed by atoms with Gasteiger partial charge in [0.25, 0.3) is 5.56 Å². The smallest absolute Gasteiger partial charge is 0.279 e. The molecule has 0 atom stereocenters. The van der Waals surface area contributed by atoms with Crippen LogP contribution in [0.1, 0.15) is 64.2 Å². The zero-order valence-corrected chi connectivity index (χ0v) is 11.6. The van der Waals surface area contributed by atoms with Gasteiger partial charge in [0.05, 0.1) is 12.2 Å². The van der Waals surface area contributed by atoms with Gasteiger partial charge in [-0.1, -0.05) is 38.5 Å². The molecule has 4 nitrogen and oxygen atoms in total. The zero-order valence-electron chi connectivity index (χ0n) is 11.6. The number of hydrogen-bond acceptors (Lipinski definition) is 3. The number of aromatic nitrogens is 1. The number of ether oxygens (including phenoxy) is 1. The van der Waals surface area contributed by atoms with E-state index in [4.69, 9.17) is 4.74 Å². The van der Waals surface area contributed by atoms with E-state index in [1.54, 1.807) is 0 Å². The third-order valence-electron chi connectivity index (χ3n) is 3.94. The van der Waals surface area contributed by atoms with Crippen molar-refractivity contribution >= 4 is 0 Å². The summed E-state index contributed by atoms with van der Waals surface area (Å²) in [5.41, 5.74) is -0.199. The molecule has 0 radical (unpaired) electrons. The van der Waals surface area contributed by atoms with Crippen molar-refractivity contribution in [3.63, 3.8) is 0 Å². The van der Waals surface area contributed by atoms with E-state index in [2.05, 4.69) is 9.68 Å². The lowest BCUT2D eigenvalue weighted by atomic mass is 9.95. The van der Waals surface area contributed by atoms with Gasteiger partial charge in [0.15, 0.2) is 0 Å². The molecule has 2 aliphatic carbocycles. The predicted octanol–water partition coefficient (Wildman–Crippen LogP) is 3.64. The normalized spacial score (nSPS) is 21.7. The first-order chi connectivity index (χ1) is 9.34. The van der Waals surface area contributed by atoms with Crippen LogP contribution in [0.2, 0.25) is 0 Å². The average molecular weight is 267 g/mol. The predicted molar refractivity (Wildman–Crippen MR) is 74.2 cm³/mol. The van der Waals surface area contributed by atoms with Crippen LogP contribution in [0.25, 0.3) is 0 Å². The van der Waals surface area contributed by atoms with E-state index >= 15 is 0 Å². The van der Waals surface area contributed by atoms with Crippen LogP contribution in [0.15, 0.2) is 21.6 Å². The van der Waals surface area contributed by atoms with Crippen LogP contribution in [0, 0.1) is 0 Å². The second-order valence-corrected chi connectivity index (χ2v) is 5.54. The highest BCUT2D eigenvalue weighted by Gasteiger charge is 2.20. The first-order valence-electron chi connectivity index (χ1n) is 7.62. The lowest BCUT2D eigenvalue weighted by Crippen LogP contribution is -2.25. The van der Waals surface area contributed by atoms with Crippen molar-refractivity contribution < 1.29 is 9.26 Å². The van der Waals surface area contributed by atoms with Crippen LogP contribution < -0.4 is 5.56 Å². The van der Waals surface area contributed by atoms with Crippen molar-refractivity contribution in [3.8, 4) is 0 Å². The van der Waals surface area contributed by atoms with Crippen molar-refractivity contribution in [2.24, 2.45) is 0 Å². The number of H-pyrrole nitrogens is 1. The number of aromatic amines is 1. The van der Waals surface area contributed by atoms with E-state index in [9.17, 15) is 4.79 Å². The molecule has 0 bridgehead atoms. The summed E-state index contributed by atoms with van der Waals surface area (Å²) in [5.74, 6) is 0. The number of rotatable bonds is 2. The summed E-state index contributed by atoms with van der Waals surface area (Å²) in [7, 11) is 0. The Morgan fingerprint density at radius 2 is 1.47 bits per heavy atom. The highest BCUT2D eigenvalue weighted by atomic mass is 16.5. The van der Waals surface area contributed by atoms with Crippen molar-refractivity contribution in [2.75, 3.05) is 0 Å². The molecule has 0 spiro atoms. The number of nitrogens with one attached hydrogen (secondary N) is 1. The monoisotopic (exact) mass is 267 g/mol. The third kappa shape index (κ3) is 5.64. The Morgan fingerprint density at radius 1 is 0.947 bits per heavy atom. The molecule has 108 valence electrons. The van der Waals surface area contributed by atoms with Gasteiger partial charge >= 0.3 is 0 Å². The molecular weight excluding hydrogens is 242 g/mol. The summed E-state index contributed by atoms with van der Waals surface area (Å²) in [6.07, 6.45) is 16.3. The molecule has 2 aliphatic rings. The van der Waals surface area contributed by atoms with Gasteiger partial charge < -0.3 is 9.26 Å². The number of hydrogen-bond donors (Lipinski definition) is 1. The fraction of sp³-hybridized carbons (Fsp3) is 0.800.